The summed E-state index contributed by atoms with van der Waals surface area (Å²) in [5.41, 5.74) is -0.707. The van der Waals surface area contributed by atoms with Crippen molar-refractivity contribution in [2.45, 2.75) is 45.4 Å². The van der Waals surface area contributed by atoms with Crippen molar-refractivity contribution in [1.82, 2.24) is 10.2 Å². The monoisotopic (exact) mass is 232 g/mol. The van der Waals surface area contributed by atoms with E-state index in [1.165, 1.54) is 0 Å². The number of methoxy groups -OCH3 is 1. The van der Waals surface area contributed by atoms with E-state index >= 15 is 0 Å². The van der Waals surface area contributed by atoms with Crippen molar-refractivity contribution >= 4 is 0 Å². The van der Waals surface area contributed by atoms with Gasteiger partial charge in [0, 0.05) is 32.3 Å². The first-order valence-corrected chi connectivity index (χ1v) is 5.93. The molecule has 98 valence electrons. The molecular formula is C12H28N2O2. The van der Waals surface area contributed by atoms with Crippen LogP contribution in [0.3, 0.4) is 0 Å². The van der Waals surface area contributed by atoms with E-state index in [-0.39, 0.29) is 0 Å². The van der Waals surface area contributed by atoms with Gasteiger partial charge >= 0.3 is 0 Å². The summed E-state index contributed by atoms with van der Waals surface area (Å²) >= 11 is 0. The number of hydrogen-bond donors (Lipinski definition) is 2. The molecule has 0 spiro atoms. The first kappa shape index (κ1) is 15.8. The summed E-state index contributed by atoms with van der Waals surface area (Å²) in [6, 6.07) is 0.712. The van der Waals surface area contributed by atoms with Gasteiger partial charge in [0.15, 0.2) is 0 Å². The first-order valence-electron chi connectivity index (χ1n) is 5.93. The normalized spacial score (nSPS) is 17.8. The lowest BCUT2D eigenvalue weighted by atomic mass is 10.1. The molecule has 0 bridgehead atoms. The van der Waals surface area contributed by atoms with Crippen molar-refractivity contribution in [1.29, 1.82) is 0 Å². The van der Waals surface area contributed by atoms with Crippen LogP contribution in [0.5, 0.6) is 0 Å². The zero-order valence-corrected chi connectivity index (χ0v) is 11.6. The van der Waals surface area contributed by atoms with Gasteiger partial charge < -0.3 is 15.2 Å². The Bertz CT molecular complexity index is 184. The zero-order valence-electron chi connectivity index (χ0n) is 11.6. The van der Waals surface area contributed by atoms with E-state index in [1.807, 2.05) is 14.0 Å². The molecule has 0 aliphatic carbocycles. The summed E-state index contributed by atoms with van der Waals surface area (Å²) in [6.07, 6.45) is 0. The van der Waals surface area contributed by atoms with E-state index in [1.54, 1.807) is 7.11 Å². The molecule has 16 heavy (non-hydrogen) atoms. The molecule has 0 saturated carbocycles. The van der Waals surface area contributed by atoms with Crippen molar-refractivity contribution in [2.75, 3.05) is 33.9 Å². The highest BCUT2D eigenvalue weighted by Gasteiger charge is 2.24. The molecule has 2 unspecified atom stereocenters. The summed E-state index contributed by atoms with van der Waals surface area (Å²) in [7, 11) is 3.70. The lowest BCUT2D eigenvalue weighted by molar-refractivity contribution is 0.00519. The largest absolute Gasteiger partial charge is 0.388 e. The van der Waals surface area contributed by atoms with Crippen LogP contribution in [0.2, 0.25) is 0 Å². The molecule has 0 aromatic rings. The summed E-state index contributed by atoms with van der Waals surface area (Å²) in [5.74, 6) is 0. The minimum absolute atomic E-state index is 0.315. The molecule has 0 rings (SSSR count). The number of rotatable bonds is 8. The third kappa shape index (κ3) is 7.17. The maximum Gasteiger partial charge on any atom is 0.0869 e. The number of ether oxygens (including phenoxy) is 1. The highest BCUT2D eigenvalue weighted by molar-refractivity contribution is 4.81. The third-order valence-electron chi connectivity index (χ3n) is 2.64. The number of nitrogens with zero attached hydrogens (tertiary/aromatic N) is 1. The Morgan fingerprint density at radius 3 is 2.38 bits per heavy atom. The van der Waals surface area contributed by atoms with Gasteiger partial charge in [-0.05, 0) is 20.9 Å². The van der Waals surface area contributed by atoms with E-state index in [0.29, 0.717) is 31.8 Å². The fraction of sp³-hybridized carbons (Fsp3) is 1.00. The number of hydrogen-bond acceptors (Lipinski definition) is 4. The molecule has 0 aromatic heterocycles. The summed E-state index contributed by atoms with van der Waals surface area (Å²) in [5, 5.41) is 13.5. The van der Waals surface area contributed by atoms with Crippen molar-refractivity contribution in [3.63, 3.8) is 0 Å². The van der Waals surface area contributed by atoms with Gasteiger partial charge in [-0.25, -0.2) is 0 Å². The fourth-order valence-electron chi connectivity index (χ4n) is 1.54. The minimum Gasteiger partial charge on any atom is -0.388 e. The zero-order chi connectivity index (χ0) is 12.8. The molecule has 0 heterocycles. The lowest BCUT2D eigenvalue weighted by Gasteiger charge is -2.33. The van der Waals surface area contributed by atoms with E-state index < -0.39 is 5.60 Å². The van der Waals surface area contributed by atoms with Crippen LogP contribution >= 0.6 is 0 Å². The molecule has 0 aromatic carbocycles. The molecule has 2 N–H and O–H groups in total. The molecule has 0 radical (unpaired) electrons. The molecule has 0 saturated heterocycles. The van der Waals surface area contributed by atoms with Crippen LogP contribution < -0.4 is 5.32 Å². The average Bonchev–Trinajstić information content (AvgIpc) is 2.14. The van der Waals surface area contributed by atoms with Gasteiger partial charge in [0.2, 0.25) is 0 Å². The average molecular weight is 232 g/mol. The Labute approximate surface area is 100.0 Å². The third-order valence-corrected chi connectivity index (χ3v) is 2.64. The second-order valence-corrected chi connectivity index (χ2v) is 5.25. The fourth-order valence-corrected chi connectivity index (χ4v) is 1.54. The Kier molecular flexibility index (Phi) is 7.15. The maximum atomic E-state index is 10.2. The van der Waals surface area contributed by atoms with E-state index in [4.69, 9.17) is 4.74 Å². The first-order chi connectivity index (χ1) is 7.28. The Morgan fingerprint density at radius 1 is 1.38 bits per heavy atom. The molecule has 2 atom stereocenters. The highest BCUT2D eigenvalue weighted by atomic mass is 16.5. The smallest absolute Gasteiger partial charge is 0.0869 e. The van der Waals surface area contributed by atoms with Gasteiger partial charge in [0.1, 0.15) is 0 Å². The Morgan fingerprint density at radius 2 is 1.94 bits per heavy atom. The van der Waals surface area contributed by atoms with E-state index in [2.05, 4.69) is 31.0 Å². The number of aliphatic hydroxyl groups is 1. The van der Waals surface area contributed by atoms with Gasteiger partial charge in [-0.1, -0.05) is 13.8 Å². The van der Waals surface area contributed by atoms with Crippen molar-refractivity contribution in [3.8, 4) is 0 Å². The molecule has 4 heteroatoms. The topological polar surface area (TPSA) is 44.7 Å². The SMILES string of the molecule is COCC(C)N(C)CC(C)(O)CNC(C)C. The van der Waals surface area contributed by atoms with Crippen molar-refractivity contribution in [2.24, 2.45) is 0 Å². The van der Waals surface area contributed by atoms with Gasteiger partial charge in [-0.15, -0.1) is 0 Å². The Balaban J connectivity index is 4.03. The molecule has 4 nitrogen and oxygen atoms in total. The molecule has 0 aliphatic rings. The van der Waals surface area contributed by atoms with Crippen LogP contribution in [-0.4, -0.2) is 61.5 Å². The predicted octanol–water partition coefficient (Wildman–Crippen LogP) is 0.702. The molecule has 0 fully saturated rings. The van der Waals surface area contributed by atoms with Gasteiger partial charge in [-0.2, -0.15) is 0 Å². The van der Waals surface area contributed by atoms with E-state index in [0.717, 1.165) is 0 Å². The molecule has 0 aliphatic heterocycles. The second-order valence-electron chi connectivity index (χ2n) is 5.25. The van der Waals surface area contributed by atoms with Crippen LogP contribution in [0, 0.1) is 0 Å². The summed E-state index contributed by atoms with van der Waals surface area (Å²) in [4.78, 5) is 2.12. The quantitative estimate of drug-likeness (QED) is 0.647. The Hall–Kier alpha value is -0.160. The van der Waals surface area contributed by atoms with Crippen LogP contribution in [0.1, 0.15) is 27.7 Å². The second kappa shape index (κ2) is 7.22. The predicted molar refractivity (Wildman–Crippen MR) is 67.7 cm³/mol. The van der Waals surface area contributed by atoms with E-state index in [9.17, 15) is 5.11 Å². The summed E-state index contributed by atoms with van der Waals surface area (Å²) < 4.78 is 5.10. The minimum atomic E-state index is -0.707. The van der Waals surface area contributed by atoms with Gasteiger partial charge in [0.25, 0.3) is 0 Å². The van der Waals surface area contributed by atoms with Crippen LogP contribution in [0.15, 0.2) is 0 Å². The number of nitrogens with one attached hydrogen (secondary N) is 1. The maximum absolute atomic E-state index is 10.2. The summed E-state index contributed by atoms with van der Waals surface area (Å²) in [6.45, 7) is 10.0. The van der Waals surface area contributed by atoms with Crippen LogP contribution in [-0.2, 0) is 4.74 Å². The van der Waals surface area contributed by atoms with Crippen molar-refractivity contribution < 1.29 is 9.84 Å². The number of likely N-dealkylation sites (N-methyl/N-ethyl adjacent to an activating group) is 1. The standard InChI is InChI=1S/C12H28N2O2/c1-10(2)13-8-12(4,15)9-14(5)11(3)7-16-6/h10-11,13,15H,7-9H2,1-6H3. The van der Waals surface area contributed by atoms with Gasteiger partial charge in [-0.3, -0.25) is 4.90 Å². The van der Waals surface area contributed by atoms with Crippen molar-refractivity contribution in [3.05, 3.63) is 0 Å². The van der Waals surface area contributed by atoms with Crippen LogP contribution in [0.25, 0.3) is 0 Å². The lowest BCUT2D eigenvalue weighted by Crippen LogP contribution is -2.50. The van der Waals surface area contributed by atoms with Crippen LogP contribution in [0.4, 0.5) is 0 Å². The molecular weight excluding hydrogens is 204 g/mol. The molecule has 0 amide bonds. The highest BCUT2D eigenvalue weighted by Crippen LogP contribution is 2.07. The van der Waals surface area contributed by atoms with Gasteiger partial charge in [0.05, 0.1) is 12.2 Å².